The number of benzene rings is 1. The van der Waals surface area contributed by atoms with Crippen LogP contribution >= 0.6 is 12.2 Å². The van der Waals surface area contributed by atoms with E-state index in [4.69, 9.17) is 17.0 Å². The highest BCUT2D eigenvalue weighted by molar-refractivity contribution is 7.71. The second-order valence-corrected chi connectivity index (χ2v) is 4.44. The van der Waals surface area contributed by atoms with Crippen molar-refractivity contribution in [2.24, 2.45) is 0 Å². The number of H-pyrrole nitrogens is 1. The van der Waals surface area contributed by atoms with Crippen molar-refractivity contribution in [1.82, 2.24) is 9.97 Å². The van der Waals surface area contributed by atoms with Crippen LogP contribution in [0, 0.1) is 4.64 Å². The fourth-order valence-corrected chi connectivity index (χ4v) is 2.09. The van der Waals surface area contributed by atoms with Gasteiger partial charge in [-0.1, -0.05) is 49.5 Å². The van der Waals surface area contributed by atoms with Crippen LogP contribution in [0.15, 0.2) is 36.4 Å². The van der Waals surface area contributed by atoms with Gasteiger partial charge in [-0.25, -0.2) is 4.98 Å². The summed E-state index contributed by atoms with van der Waals surface area (Å²) in [4.78, 5) is 7.64. The highest BCUT2D eigenvalue weighted by atomic mass is 32.1. The number of ether oxygens (including phenoxy) is 1. The number of aromatic amines is 1. The SMILES string of the molecule is CCC(OC)c1nc(=S)cc(-c2ccccc2)[nH]1. The Morgan fingerprint density at radius 1 is 1.33 bits per heavy atom. The highest BCUT2D eigenvalue weighted by Gasteiger charge is 2.11. The molecule has 18 heavy (non-hydrogen) atoms. The van der Waals surface area contributed by atoms with Gasteiger partial charge in [0.15, 0.2) is 0 Å². The molecule has 0 aliphatic heterocycles. The Morgan fingerprint density at radius 3 is 2.67 bits per heavy atom. The fraction of sp³-hybridized carbons (Fsp3) is 0.286. The maximum atomic E-state index is 5.39. The second kappa shape index (κ2) is 5.89. The van der Waals surface area contributed by atoms with Crippen molar-refractivity contribution in [2.75, 3.05) is 7.11 Å². The summed E-state index contributed by atoms with van der Waals surface area (Å²) in [7, 11) is 1.68. The van der Waals surface area contributed by atoms with E-state index in [1.807, 2.05) is 36.4 Å². The third-order valence-electron chi connectivity index (χ3n) is 2.81. The van der Waals surface area contributed by atoms with Crippen LogP contribution in [0.1, 0.15) is 25.3 Å². The molecule has 1 atom stereocenters. The van der Waals surface area contributed by atoms with Gasteiger partial charge in [0.25, 0.3) is 0 Å². The van der Waals surface area contributed by atoms with Crippen LogP contribution in [0.4, 0.5) is 0 Å². The van der Waals surface area contributed by atoms with Gasteiger partial charge in [-0.05, 0) is 18.1 Å². The van der Waals surface area contributed by atoms with Crippen LogP contribution < -0.4 is 0 Å². The number of methoxy groups -OCH3 is 1. The third kappa shape index (κ3) is 2.83. The molecule has 0 saturated heterocycles. The Labute approximate surface area is 112 Å². The van der Waals surface area contributed by atoms with Crippen LogP contribution in [-0.4, -0.2) is 17.1 Å². The van der Waals surface area contributed by atoms with E-state index >= 15 is 0 Å². The molecule has 1 aromatic heterocycles. The summed E-state index contributed by atoms with van der Waals surface area (Å²) < 4.78 is 5.97. The highest BCUT2D eigenvalue weighted by Crippen LogP contribution is 2.21. The molecule has 0 radical (unpaired) electrons. The summed E-state index contributed by atoms with van der Waals surface area (Å²) in [6, 6.07) is 11.9. The lowest BCUT2D eigenvalue weighted by molar-refractivity contribution is 0.0926. The van der Waals surface area contributed by atoms with E-state index in [9.17, 15) is 0 Å². The van der Waals surface area contributed by atoms with Gasteiger partial charge >= 0.3 is 0 Å². The molecule has 1 heterocycles. The molecule has 0 saturated carbocycles. The molecule has 2 rings (SSSR count). The van der Waals surface area contributed by atoms with Gasteiger partial charge in [0.2, 0.25) is 0 Å². The monoisotopic (exact) mass is 260 g/mol. The molecule has 4 heteroatoms. The largest absolute Gasteiger partial charge is 0.374 e. The predicted octanol–water partition coefficient (Wildman–Crippen LogP) is 3.90. The Bertz CT molecular complexity index is 562. The number of hydrogen-bond acceptors (Lipinski definition) is 3. The molecule has 1 unspecified atom stereocenters. The Hall–Kier alpha value is -1.52. The molecule has 0 aliphatic carbocycles. The van der Waals surface area contributed by atoms with Gasteiger partial charge in [0.1, 0.15) is 16.6 Å². The minimum Gasteiger partial charge on any atom is -0.374 e. The lowest BCUT2D eigenvalue weighted by Gasteiger charge is -2.13. The maximum Gasteiger partial charge on any atom is 0.137 e. The summed E-state index contributed by atoms with van der Waals surface area (Å²) in [6.07, 6.45) is 0.808. The molecule has 3 nitrogen and oxygen atoms in total. The lowest BCUT2D eigenvalue weighted by atomic mass is 10.1. The number of aromatic nitrogens is 2. The average Bonchev–Trinajstić information content (AvgIpc) is 2.40. The van der Waals surface area contributed by atoms with E-state index < -0.39 is 0 Å². The van der Waals surface area contributed by atoms with Crippen molar-refractivity contribution < 1.29 is 4.74 Å². The summed E-state index contributed by atoms with van der Waals surface area (Å²) in [6.45, 7) is 2.06. The van der Waals surface area contributed by atoms with E-state index in [2.05, 4.69) is 16.9 Å². The summed E-state index contributed by atoms with van der Waals surface area (Å²) in [5.74, 6) is 0.784. The van der Waals surface area contributed by atoms with Crippen molar-refractivity contribution >= 4 is 12.2 Å². The zero-order chi connectivity index (χ0) is 13.0. The first kappa shape index (κ1) is 12.9. The fourth-order valence-electron chi connectivity index (χ4n) is 1.87. The zero-order valence-electron chi connectivity index (χ0n) is 10.5. The van der Waals surface area contributed by atoms with Gasteiger partial charge in [-0.2, -0.15) is 0 Å². The molecule has 0 spiro atoms. The van der Waals surface area contributed by atoms with E-state index in [0.29, 0.717) is 4.64 Å². The van der Waals surface area contributed by atoms with Crippen molar-refractivity contribution in [1.29, 1.82) is 0 Å². The number of nitrogens with zero attached hydrogens (tertiary/aromatic N) is 1. The minimum absolute atomic E-state index is 0.0460. The summed E-state index contributed by atoms with van der Waals surface area (Å²) in [5, 5.41) is 0. The van der Waals surface area contributed by atoms with E-state index in [0.717, 1.165) is 23.5 Å². The smallest absolute Gasteiger partial charge is 0.137 e. The molecule has 0 amide bonds. The molecule has 0 bridgehead atoms. The van der Waals surface area contributed by atoms with Crippen LogP contribution in [0.25, 0.3) is 11.3 Å². The number of nitrogens with one attached hydrogen (secondary N) is 1. The molecule has 1 aromatic carbocycles. The first-order chi connectivity index (χ1) is 8.74. The average molecular weight is 260 g/mol. The van der Waals surface area contributed by atoms with Gasteiger partial charge in [0, 0.05) is 12.8 Å². The quantitative estimate of drug-likeness (QED) is 0.847. The Morgan fingerprint density at radius 2 is 2.06 bits per heavy atom. The number of hydrogen-bond donors (Lipinski definition) is 1. The molecule has 1 N–H and O–H groups in total. The van der Waals surface area contributed by atoms with Gasteiger partial charge in [0.05, 0.1) is 0 Å². The zero-order valence-corrected chi connectivity index (χ0v) is 11.3. The van der Waals surface area contributed by atoms with Crippen LogP contribution in [-0.2, 0) is 4.74 Å². The maximum absolute atomic E-state index is 5.39. The first-order valence-corrected chi connectivity index (χ1v) is 6.35. The normalized spacial score (nSPS) is 12.3. The van der Waals surface area contributed by atoms with Crippen LogP contribution in [0.3, 0.4) is 0 Å². The minimum atomic E-state index is -0.0460. The predicted molar refractivity (Wildman–Crippen MR) is 74.9 cm³/mol. The molecule has 94 valence electrons. The van der Waals surface area contributed by atoms with Crippen molar-refractivity contribution in [3.05, 3.63) is 46.9 Å². The molecular formula is C14H16N2OS. The molecule has 0 fully saturated rings. The first-order valence-electron chi connectivity index (χ1n) is 5.94. The van der Waals surface area contributed by atoms with Crippen LogP contribution in [0.5, 0.6) is 0 Å². The summed E-state index contributed by atoms with van der Waals surface area (Å²) >= 11 is 5.22. The van der Waals surface area contributed by atoms with E-state index in [1.165, 1.54) is 0 Å². The Kier molecular flexibility index (Phi) is 4.23. The van der Waals surface area contributed by atoms with Crippen molar-refractivity contribution in [3.8, 4) is 11.3 Å². The van der Waals surface area contributed by atoms with Crippen molar-refractivity contribution in [3.63, 3.8) is 0 Å². The van der Waals surface area contributed by atoms with Crippen molar-refractivity contribution in [2.45, 2.75) is 19.4 Å². The topological polar surface area (TPSA) is 37.9 Å². The molecule has 2 aromatic rings. The Balaban J connectivity index is 2.48. The van der Waals surface area contributed by atoms with E-state index in [-0.39, 0.29) is 6.10 Å². The molecule has 0 aliphatic rings. The standard InChI is InChI=1S/C14H16N2OS/c1-3-12(17-2)14-15-11(9-13(18)16-14)10-7-5-4-6-8-10/h4-9,12H,3H2,1-2H3,(H,15,16,18). The summed E-state index contributed by atoms with van der Waals surface area (Å²) in [5.41, 5.74) is 2.07. The van der Waals surface area contributed by atoms with Gasteiger partial charge in [-0.15, -0.1) is 0 Å². The third-order valence-corrected chi connectivity index (χ3v) is 3.02. The second-order valence-electron chi connectivity index (χ2n) is 4.02. The van der Waals surface area contributed by atoms with Gasteiger partial charge < -0.3 is 9.72 Å². The molecular weight excluding hydrogens is 244 g/mol. The van der Waals surface area contributed by atoms with E-state index in [1.54, 1.807) is 7.11 Å². The van der Waals surface area contributed by atoms with Crippen LogP contribution in [0.2, 0.25) is 0 Å². The van der Waals surface area contributed by atoms with Gasteiger partial charge in [-0.3, -0.25) is 0 Å². The lowest BCUT2D eigenvalue weighted by Crippen LogP contribution is -2.06. The number of rotatable bonds is 4.